The van der Waals surface area contributed by atoms with Gasteiger partial charge in [0.2, 0.25) is 5.91 Å². The molecule has 1 rings (SSSR count). The lowest BCUT2D eigenvalue weighted by Gasteiger charge is -2.07. The summed E-state index contributed by atoms with van der Waals surface area (Å²) in [6.45, 7) is 0.983. The molecule has 5 nitrogen and oxygen atoms in total. The van der Waals surface area contributed by atoms with Gasteiger partial charge in [-0.1, -0.05) is 22.0 Å². The number of ether oxygens (including phenoxy) is 1. The van der Waals surface area contributed by atoms with Crippen LogP contribution in [0.3, 0.4) is 0 Å². The van der Waals surface area contributed by atoms with E-state index in [2.05, 4.69) is 26.7 Å². The van der Waals surface area contributed by atoms with Gasteiger partial charge in [-0.05, 0) is 18.2 Å². The first kappa shape index (κ1) is 14.1. The minimum Gasteiger partial charge on any atom is -0.382 e. The maximum Gasteiger partial charge on any atom is 0.240 e. The van der Waals surface area contributed by atoms with Crippen molar-refractivity contribution in [1.29, 1.82) is 0 Å². The number of halogens is 1. The summed E-state index contributed by atoms with van der Waals surface area (Å²) in [5, 5.41) is 2.73. The van der Waals surface area contributed by atoms with E-state index in [9.17, 15) is 4.79 Å². The topological polar surface area (TPSA) is 59.6 Å². The Morgan fingerprint density at radius 2 is 2.24 bits per heavy atom. The third-order valence-corrected chi connectivity index (χ3v) is 2.33. The average molecular weight is 303 g/mol. The van der Waals surface area contributed by atoms with Crippen LogP contribution in [0.25, 0.3) is 0 Å². The second-order valence-corrected chi connectivity index (χ2v) is 4.14. The molecule has 1 aromatic carbocycles. The standard InChI is InChI=1S/C11H15BrN2O3/c1-16-5-6-17-13-8-11(15)14-10-4-2-3-9(12)7-10/h2-4,7,13H,5-6,8H2,1H3,(H,14,15). The quantitative estimate of drug-likeness (QED) is 0.593. The van der Waals surface area contributed by atoms with Gasteiger partial charge >= 0.3 is 0 Å². The Balaban J connectivity index is 2.21. The Morgan fingerprint density at radius 3 is 2.94 bits per heavy atom. The van der Waals surface area contributed by atoms with Gasteiger partial charge in [0.05, 0.1) is 13.2 Å². The number of carbonyl (C=O) groups is 1. The van der Waals surface area contributed by atoms with Crippen molar-refractivity contribution in [1.82, 2.24) is 5.48 Å². The maximum atomic E-state index is 11.5. The van der Waals surface area contributed by atoms with Crippen LogP contribution >= 0.6 is 15.9 Å². The van der Waals surface area contributed by atoms with Crippen molar-refractivity contribution in [2.45, 2.75) is 0 Å². The van der Waals surface area contributed by atoms with Gasteiger partial charge in [0.15, 0.2) is 0 Å². The Hall–Kier alpha value is -0.950. The van der Waals surface area contributed by atoms with E-state index < -0.39 is 0 Å². The smallest absolute Gasteiger partial charge is 0.240 e. The predicted molar refractivity (Wildman–Crippen MR) is 68.6 cm³/mol. The number of hydroxylamine groups is 1. The molecule has 94 valence electrons. The number of anilines is 1. The highest BCUT2D eigenvalue weighted by atomic mass is 79.9. The van der Waals surface area contributed by atoms with Crippen molar-refractivity contribution >= 4 is 27.5 Å². The molecular weight excluding hydrogens is 288 g/mol. The van der Waals surface area contributed by atoms with E-state index in [0.29, 0.717) is 13.2 Å². The molecule has 0 atom stereocenters. The Kier molecular flexibility index (Phi) is 6.80. The molecule has 0 radical (unpaired) electrons. The van der Waals surface area contributed by atoms with Crippen molar-refractivity contribution in [2.24, 2.45) is 0 Å². The normalized spacial score (nSPS) is 10.2. The molecule has 0 heterocycles. The third kappa shape index (κ3) is 6.38. The Morgan fingerprint density at radius 1 is 1.41 bits per heavy atom. The highest BCUT2D eigenvalue weighted by molar-refractivity contribution is 9.10. The molecule has 2 N–H and O–H groups in total. The van der Waals surface area contributed by atoms with E-state index >= 15 is 0 Å². The van der Waals surface area contributed by atoms with E-state index in [1.54, 1.807) is 7.11 Å². The summed E-state index contributed by atoms with van der Waals surface area (Å²) < 4.78 is 5.70. The number of rotatable bonds is 7. The van der Waals surface area contributed by atoms with Crippen LogP contribution in [-0.4, -0.2) is 32.8 Å². The SMILES string of the molecule is COCCONCC(=O)Nc1cccc(Br)c1. The van der Waals surface area contributed by atoms with Crippen LogP contribution in [0.5, 0.6) is 0 Å². The molecule has 1 amide bonds. The molecule has 0 unspecified atom stereocenters. The van der Waals surface area contributed by atoms with Crippen LogP contribution in [0.4, 0.5) is 5.69 Å². The van der Waals surface area contributed by atoms with Crippen LogP contribution in [0.15, 0.2) is 28.7 Å². The zero-order valence-electron chi connectivity index (χ0n) is 9.53. The molecule has 0 fully saturated rings. The number of nitrogens with one attached hydrogen (secondary N) is 2. The molecule has 0 aliphatic heterocycles. The highest BCUT2D eigenvalue weighted by Gasteiger charge is 2.01. The summed E-state index contributed by atoms with van der Waals surface area (Å²) >= 11 is 3.33. The van der Waals surface area contributed by atoms with Crippen molar-refractivity contribution in [2.75, 3.05) is 32.2 Å². The first-order chi connectivity index (χ1) is 8.22. The molecule has 0 aromatic heterocycles. The number of methoxy groups -OCH3 is 1. The lowest BCUT2D eigenvalue weighted by molar-refractivity contribution is -0.118. The van der Waals surface area contributed by atoms with Crippen molar-refractivity contribution in [3.05, 3.63) is 28.7 Å². The van der Waals surface area contributed by atoms with Gasteiger partial charge in [0, 0.05) is 17.3 Å². The molecule has 0 spiro atoms. The van der Waals surface area contributed by atoms with Crippen LogP contribution in [-0.2, 0) is 14.4 Å². The number of hydrogen-bond donors (Lipinski definition) is 2. The fourth-order valence-corrected chi connectivity index (χ4v) is 1.48. The minimum atomic E-state index is -0.166. The fraction of sp³-hybridized carbons (Fsp3) is 0.364. The summed E-state index contributed by atoms with van der Waals surface area (Å²) in [5.41, 5.74) is 3.29. The average Bonchev–Trinajstić information content (AvgIpc) is 2.29. The van der Waals surface area contributed by atoms with Crippen molar-refractivity contribution in [3.63, 3.8) is 0 Å². The largest absolute Gasteiger partial charge is 0.382 e. The molecule has 17 heavy (non-hydrogen) atoms. The monoisotopic (exact) mass is 302 g/mol. The summed E-state index contributed by atoms with van der Waals surface area (Å²) in [6, 6.07) is 7.38. The summed E-state index contributed by atoms with van der Waals surface area (Å²) in [4.78, 5) is 16.4. The van der Waals surface area contributed by atoms with Gasteiger partial charge in [0.25, 0.3) is 0 Å². The van der Waals surface area contributed by atoms with Gasteiger partial charge in [0.1, 0.15) is 6.54 Å². The predicted octanol–water partition coefficient (Wildman–Crippen LogP) is 1.56. The first-order valence-corrected chi connectivity index (χ1v) is 5.90. The van der Waals surface area contributed by atoms with E-state index in [-0.39, 0.29) is 12.5 Å². The molecule has 0 bridgehead atoms. The van der Waals surface area contributed by atoms with E-state index in [4.69, 9.17) is 9.57 Å². The lowest BCUT2D eigenvalue weighted by atomic mass is 10.3. The van der Waals surface area contributed by atoms with Gasteiger partial charge in [-0.15, -0.1) is 0 Å². The number of amides is 1. The van der Waals surface area contributed by atoms with E-state index in [1.165, 1.54) is 0 Å². The van der Waals surface area contributed by atoms with Crippen LogP contribution in [0.2, 0.25) is 0 Å². The number of benzene rings is 1. The summed E-state index contributed by atoms with van der Waals surface area (Å²) in [5.74, 6) is -0.166. The molecule has 0 saturated heterocycles. The second kappa shape index (κ2) is 8.19. The van der Waals surface area contributed by atoms with Gasteiger partial charge < -0.3 is 10.1 Å². The third-order valence-electron chi connectivity index (χ3n) is 1.83. The number of hydrogen-bond acceptors (Lipinski definition) is 4. The van der Waals surface area contributed by atoms with Crippen LogP contribution in [0.1, 0.15) is 0 Å². The van der Waals surface area contributed by atoms with Crippen molar-refractivity contribution in [3.8, 4) is 0 Å². The lowest BCUT2D eigenvalue weighted by Crippen LogP contribution is -2.29. The Labute approximate surface area is 109 Å². The molecule has 0 aliphatic rings. The van der Waals surface area contributed by atoms with E-state index in [1.807, 2.05) is 24.3 Å². The highest BCUT2D eigenvalue weighted by Crippen LogP contribution is 2.15. The molecule has 0 aliphatic carbocycles. The van der Waals surface area contributed by atoms with Gasteiger partial charge in [-0.3, -0.25) is 9.63 Å². The Bertz CT molecular complexity index is 360. The molecule has 1 aromatic rings. The zero-order chi connectivity index (χ0) is 12.5. The molecule has 0 saturated carbocycles. The van der Waals surface area contributed by atoms with E-state index in [0.717, 1.165) is 10.2 Å². The summed E-state index contributed by atoms with van der Waals surface area (Å²) in [6.07, 6.45) is 0. The van der Waals surface area contributed by atoms with Gasteiger partial charge in [-0.2, -0.15) is 5.48 Å². The summed E-state index contributed by atoms with van der Waals surface area (Å²) in [7, 11) is 1.59. The fourth-order valence-electron chi connectivity index (χ4n) is 1.09. The van der Waals surface area contributed by atoms with Crippen LogP contribution in [0, 0.1) is 0 Å². The first-order valence-electron chi connectivity index (χ1n) is 5.11. The van der Waals surface area contributed by atoms with Crippen LogP contribution < -0.4 is 10.8 Å². The van der Waals surface area contributed by atoms with Crippen molar-refractivity contribution < 1.29 is 14.4 Å². The van der Waals surface area contributed by atoms with Gasteiger partial charge in [-0.25, -0.2) is 0 Å². The number of carbonyl (C=O) groups excluding carboxylic acids is 1. The zero-order valence-corrected chi connectivity index (χ0v) is 11.1. The molecule has 6 heteroatoms. The maximum absolute atomic E-state index is 11.5. The minimum absolute atomic E-state index is 0.0935. The second-order valence-electron chi connectivity index (χ2n) is 3.22. The molecular formula is C11H15BrN2O3.